The molecular weight excluding hydrogens is 452 g/mol. The molecule has 4 nitrogen and oxygen atoms in total. The van der Waals surface area contributed by atoms with E-state index in [1.54, 1.807) is 0 Å². The molecule has 196 valence electrons. The molecule has 1 saturated heterocycles. The second kappa shape index (κ2) is 12.3. The average Bonchev–Trinajstić information content (AvgIpc) is 3.24. The number of aromatic nitrogens is 1. The van der Waals surface area contributed by atoms with Gasteiger partial charge in [-0.3, -0.25) is 4.90 Å². The van der Waals surface area contributed by atoms with Gasteiger partial charge in [-0.1, -0.05) is 63.2 Å². The summed E-state index contributed by atoms with van der Waals surface area (Å²) >= 11 is 0. The molecule has 37 heavy (non-hydrogen) atoms. The first-order chi connectivity index (χ1) is 18.1. The molecule has 0 spiro atoms. The van der Waals surface area contributed by atoms with E-state index >= 15 is 0 Å². The van der Waals surface area contributed by atoms with Crippen LogP contribution in [0.15, 0.2) is 72.9 Å². The fraction of sp³-hybridized carbons (Fsp3) is 0.394. The first-order valence-corrected chi connectivity index (χ1v) is 14.1. The largest absolute Gasteiger partial charge is 0.382 e. The van der Waals surface area contributed by atoms with Gasteiger partial charge < -0.3 is 15.2 Å². The van der Waals surface area contributed by atoms with Crippen molar-refractivity contribution in [1.29, 1.82) is 0 Å². The van der Waals surface area contributed by atoms with Crippen molar-refractivity contribution in [1.82, 2.24) is 9.47 Å². The number of para-hydroxylation sites is 1. The third kappa shape index (κ3) is 6.02. The zero-order chi connectivity index (χ0) is 26.4. The molecule has 0 amide bonds. The molecular formula is C33H44N4. The van der Waals surface area contributed by atoms with Crippen molar-refractivity contribution in [2.45, 2.75) is 66.5 Å². The lowest BCUT2D eigenvalue weighted by molar-refractivity contribution is 0.236. The third-order valence-electron chi connectivity index (χ3n) is 7.41. The molecule has 1 aliphatic rings. The Morgan fingerprint density at radius 3 is 2.38 bits per heavy atom. The standard InChI is InChI=1S/C31H38N4.C2H6/c1-5-24-19-22(3)11-13-29(24)33-25-15-17-34(18-16-25)21-23(4)32-26-12-14-31-28(20-26)27-9-7-8-10-30(27)35(31)6-2;1-2/h7-14,19-20,25,32-33H,4-6,15-18,21H2,1-3H3;1-2H3. The summed E-state index contributed by atoms with van der Waals surface area (Å²) < 4.78 is 2.39. The second-order valence-electron chi connectivity index (χ2n) is 9.93. The van der Waals surface area contributed by atoms with Crippen molar-refractivity contribution in [2.24, 2.45) is 0 Å². The van der Waals surface area contributed by atoms with Crippen LogP contribution < -0.4 is 10.6 Å². The van der Waals surface area contributed by atoms with Gasteiger partial charge in [-0.15, -0.1) is 0 Å². The number of likely N-dealkylation sites (tertiary alicyclic amines) is 1. The number of aryl methyl sites for hydroxylation is 3. The van der Waals surface area contributed by atoms with E-state index in [1.165, 1.54) is 38.6 Å². The van der Waals surface area contributed by atoms with Crippen LogP contribution in [0.5, 0.6) is 0 Å². The quantitative estimate of drug-likeness (QED) is 0.258. The van der Waals surface area contributed by atoms with Crippen LogP contribution in [-0.2, 0) is 13.0 Å². The number of benzene rings is 3. The van der Waals surface area contributed by atoms with Crippen LogP contribution >= 0.6 is 0 Å². The van der Waals surface area contributed by atoms with Crippen molar-refractivity contribution in [3.8, 4) is 0 Å². The molecule has 3 aromatic carbocycles. The molecule has 0 aliphatic carbocycles. The van der Waals surface area contributed by atoms with Gasteiger partial charge in [0.05, 0.1) is 0 Å². The monoisotopic (exact) mass is 496 g/mol. The Morgan fingerprint density at radius 1 is 0.919 bits per heavy atom. The van der Waals surface area contributed by atoms with Crippen LogP contribution in [0.25, 0.3) is 21.8 Å². The molecule has 1 aromatic heterocycles. The van der Waals surface area contributed by atoms with Crippen molar-refractivity contribution in [3.63, 3.8) is 0 Å². The van der Waals surface area contributed by atoms with Gasteiger partial charge in [0.15, 0.2) is 0 Å². The van der Waals surface area contributed by atoms with Crippen molar-refractivity contribution >= 4 is 33.2 Å². The summed E-state index contributed by atoms with van der Waals surface area (Å²) in [6.45, 7) is 19.0. The summed E-state index contributed by atoms with van der Waals surface area (Å²) in [5.41, 5.74) is 8.83. The van der Waals surface area contributed by atoms with Gasteiger partial charge in [0.2, 0.25) is 0 Å². The van der Waals surface area contributed by atoms with Gasteiger partial charge >= 0.3 is 0 Å². The van der Waals surface area contributed by atoms with Crippen molar-refractivity contribution in [2.75, 3.05) is 30.3 Å². The lowest BCUT2D eigenvalue weighted by Crippen LogP contribution is -2.40. The van der Waals surface area contributed by atoms with E-state index in [2.05, 4.69) is 108 Å². The van der Waals surface area contributed by atoms with E-state index in [-0.39, 0.29) is 0 Å². The highest BCUT2D eigenvalue weighted by atomic mass is 15.2. The smallest absolute Gasteiger partial charge is 0.0492 e. The maximum atomic E-state index is 4.35. The van der Waals surface area contributed by atoms with E-state index in [4.69, 9.17) is 0 Å². The number of fused-ring (bicyclic) bond motifs is 3. The zero-order valence-corrected chi connectivity index (χ0v) is 23.4. The van der Waals surface area contributed by atoms with Gasteiger partial charge in [0, 0.05) is 71.1 Å². The predicted octanol–water partition coefficient (Wildman–Crippen LogP) is 8.21. The lowest BCUT2D eigenvalue weighted by atomic mass is 10.0. The number of nitrogens with zero attached hydrogens (tertiary/aromatic N) is 2. The van der Waals surface area contributed by atoms with Crippen molar-refractivity contribution < 1.29 is 0 Å². The zero-order valence-electron chi connectivity index (χ0n) is 23.4. The Balaban J connectivity index is 0.00000156. The Kier molecular flexibility index (Phi) is 8.94. The maximum Gasteiger partial charge on any atom is 0.0492 e. The molecule has 1 fully saturated rings. The summed E-state index contributed by atoms with van der Waals surface area (Å²) in [7, 11) is 0. The minimum atomic E-state index is 0.541. The minimum Gasteiger partial charge on any atom is -0.382 e. The highest BCUT2D eigenvalue weighted by Gasteiger charge is 2.20. The van der Waals surface area contributed by atoms with Gasteiger partial charge in [-0.25, -0.2) is 0 Å². The summed E-state index contributed by atoms with van der Waals surface area (Å²) in [4.78, 5) is 2.52. The van der Waals surface area contributed by atoms with Gasteiger partial charge in [-0.2, -0.15) is 0 Å². The predicted molar refractivity (Wildman–Crippen MR) is 163 cm³/mol. The number of anilines is 2. The van der Waals surface area contributed by atoms with Gasteiger partial charge in [0.1, 0.15) is 0 Å². The summed E-state index contributed by atoms with van der Waals surface area (Å²) in [5, 5.41) is 10.0. The van der Waals surface area contributed by atoms with Crippen LogP contribution in [0.4, 0.5) is 11.4 Å². The van der Waals surface area contributed by atoms with E-state index in [0.29, 0.717) is 6.04 Å². The normalized spacial score (nSPS) is 14.4. The molecule has 5 rings (SSSR count). The first-order valence-electron chi connectivity index (χ1n) is 14.1. The van der Waals surface area contributed by atoms with Gasteiger partial charge in [-0.05, 0) is 69.0 Å². The summed E-state index contributed by atoms with van der Waals surface area (Å²) in [6, 6.07) is 22.7. The minimum absolute atomic E-state index is 0.541. The molecule has 4 heteroatoms. The molecule has 1 aliphatic heterocycles. The van der Waals surface area contributed by atoms with Crippen LogP contribution in [0.1, 0.15) is 51.7 Å². The second-order valence-corrected chi connectivity index (χ2v) is 9.93. The number of hydrogen-bond donors (Lipinski definition) is 2. The number of piperidine rings is 1. The lowest BCUT2D eigenvalue weighted by Gasteiger charge is -2.33. The Hall–Kier alpha value is -3.24. The molecule has 2 N–H and O–H groups in total. The molecule has 2 heterocycles. The number of rotatable bonds is 8. The third-order valence-corrected chi connectivity index (χ3v) is 7.41. The molecule has 0 atom stereocenters. The van der Waals surface area contributed by atoms with Crippen LogP contribution in [0.2, 0.25) is 0 Å². The summed E-state index contributed by atoms with van der Waals surface area (Å²) in [6.07, 6.45) is 3.39. The van der Waals surface area contributed by atoms with Crippen LogP contribution in [-0.4, -0.2) is 35.1 Å². The molecule has 0 unspecified atom stereocenters. The Morgan fingerprint density at radius 2 is 1.65 bits per heavy atom. The number of nitrogens with one attached hydrogen (secondary N) is 2. The molecule has 0 saturated carbocycles. The highest BCUT2D eigenvalue weighted by molar-refractivity contribution is 6.09. The van der Waals surface area contributed by atoms with E-state index in [0.717, 1.165) is 56.8 Å². The fourth-order valence-electron chi connectivity index (χ4n) is 5.60. The average molecular weight is 497 g/mol. The molecule has 0 radical (unpaired) electrons. The maximum absolute atomic E-state index is 4.35. The van der Waals surface area contributed by atoms with Crippen LogP contribution in [0.3, 0.4) is 0 Å². The van der Waals surface area contributed by atoms with Crippen LogP contribution in [0, 0.1) is 6.92 Å². The Labute approximate surface area is 223 Å². The molecule has 4 aromatic rings. The Bertz CT molecular complexity index is 1340. The summed E-state index contributed by atoms with van der Waals surface area (Å²) in [5.74, 6) is 0. The number of hydrogen-bond acceptors (Lipinski definition) is 3. The van der Waals surface area contributed by atoms with E-state index in [1.807, 2.05) is 13.8 Å². The first kappa shape index (κ1) is 26.8. The SMILES string of the molecule is C=C(CN1CCC(Nc2ccc(C)cc2CC)CC1)Nc1ccc2c(c1)c1ccccc1n2CC.CC. The van der Waals surface area contributed by atoms with Crippen molar-refractivity contribution in [3.05, 3.63) is 84.1 Å². The van der Waals surface area contributed by atoms with E-state index < -0.39 is 0 Å². The molecule has 0 bridgehead atoms. The van der Waals surface area contributed by atoms with Gasteiger partial charge in [0.25, 0.3) is 0 Å². The topological polar surface area (TPSA) is 32.2 Å². The van der Waals surface area contributed by atoms with E-state index in [9.17, 15) is 0 Å². The fourth-order valence-corrected chi connectivity index (χ4v) is 5.60. The highest BCUT2D eigenvalue weighted by Crippen LogP contribution is 2.31.